The van der Waals surface area contributed by atoms with Crippen LogP contribution in [0.5, 0.6) is 0 Å². The molecule has 0 saturated carbocycles. The number of amides is 1. The van der Waals surface area contributed by atoms with E-state index >= 15 is 0 Å². The fourth-order valence-electron chi connectivity index (χ4n) is 2.53. The van der Waals surface area contributed by atoms with Crippen molar-refractivity contribution in [3.05, 3.63) is 29.3 Å². The Balaban J connectivity index is 2.17. The second-order valence-corrected chi connectivity index (χ2v) is 5.65. The zero-order chi connectivity index (χ0) is 14.2. The summed E-state index contributed by atoms with van der Waals surface area (Å²) < 4.78 is 0. The van der Waals surface area contributed by atoms with Gasteiger partial charge in [0.25, 0.3) is 5.91 Å². The highest BCUT2D eigenvalue weighted by Crippen LogP contribution is 2.18. The number of carbonyl (C=O) groups is 1. The van der Waals surface area contributed by atoms with Gasteiger partial charge in [0.15, 0.2) is 0 Å². The molecule has 2 N–H and O–H groups in total. The Bertz CT molecular complexity index is 474. The molecule has 2 atom stereocenters. The first-order valence-electron chi connectivity index (χ1n) is 6.77. The zero-order valence-electron chi connectivity index (χ0n) is 12.2. The average Bonchev–Trinajstić information content (AvgIpc) is 2.37. The molecular formula is C15H23N3O. The number of carbonyl (C=O) groups excluding carboxylic acids is 1. The van der Waals surface area contributed by atoms with E-state index in [1.54, 1.807) is 6.07 Å². The SMILES string of the molecule is Cc1ccc(C(=O)N2CC(C)N(C)C(C)C2)cc1N. The Labute approximate surface area is 115 Å². The van der Waals surface area contributed by atoms with Crippen molar-refractivity contribution in [2.75, 3.05) is 25.9 Å². The summed E-state index contributed by atoms with van der Waals surface area (Å²) in [6.07, 6.45) is 0. The number of anilines is 1. The molecule has 1 saturated heterocycles. The minimum atomic E-state index is 0.0819. The van der Waals surface area contributed by atoms with Crippen LogP contribution in [0.15, 0.2) is 18.2 Å². The molecule has 2 unspecified atom stereocenters. The van der Waals surface area contributed by atoms with Crippen LogP contribution in [-0.4, -0.2) is 47.9 Å². The fraction of sp³-hybridized carbons (Fsp3) is 0.533. The van der Waals surface area contributed by atoms with Crippen molar-refractivity contribution in [2.24, 2.45) is 0 Å². The number of likely N-dealkylation sites (N-methyl/N-ethyl adjacent to an activating group) is 1. The number of rotatable bonds is 1. The van der Waals surface area contributed by atoms with Crippen LogP contribution in [0.25, 0.3) is 0 Å². The average molecular weight is 261 g/mol. The van der Waals surface area contributed by atoms with Crippen LogP contribution in [0.4, 0.5) is 5.69 Å². The van der Waals surface area contributed by atoms with Crippen LogP contribution < -0.4 is 5.73 Å². The van der Waals surface area contributed by atoms with Gasteiger partial charge in [0, 0.05) is 36.4 Å². The standard InChI is InChI=1S/C15H23N3O/c1-10-5-6-13(7-14(10)16)15(19)18-8-11(2)17(4)12(3)9-18/h5-7,11-12H,8-9,16H2,1-4H3. The van der Waals surface area contributed by atoms with Gasteiger partial charge >= 0.3 is 0 Å². The third kappa shape index (κ3) is 2.73. The van der Waals surface area contributed by atoms with Gasteiger partial charge in [-0.05, 0) is 45.5 Å². The van der Waals surface area contributed by atoms with E-state index in [0.29, 0.717) is 23.3 Å². The molecular weight excluding hydrogens is 238 g/mol. The van der Waals surface area contributed by atoms with E-state index in [2.05, 4.69) is 25.8 Å². The second kappa shape index (κ2) is 5.21. The summed E-state index contributed by atoms with van der Waals surface area (Å²) in [4.78, 5) is 16.8. The molecule has 1 heterocycles. The number of aryl methyl sites for hydroxylation is 1. The Morgan fingerprint density at radius 1 is 1.26 bits per heavy atom. The number of hydrogen-bond acceptors (Lipinski definition) is 3. The van der Waals surface area contributed by atoms with Gasteiger partial charge in [-0.1, -0.05) is 6.07 Å². The molecule has 0 aromatic heterocycles. The highest BCUT2D eigenvalue weighted by Gasteiger charge is 2.29. The quantitative estimate of drug-likeness (QED) is 0.783. The van der Waals surface area contributed by atoms with Crippen LogP contribution in [0.1, 0.15) is 29.8 Å². The monoisotopic (exact) mass is 261 g/mol. The summed E-state index contributed by atoms with van der Waals surface area (Å²) in [5.74, 6) is 0.0819. The largest absolute Gasteiger partial charge is 0.398 e. The van der Waals surface area contributed by atoms with Crippen molar-refractivity contribution >= 4 is 11.6 Å². The van der Waals surface area contributed by atoms with E-state index < -0.39 is 0 Å². The van der Waals surface area contributed by atoms with Crippen molar-refractivity contribution in [1.29, 1.82) is 0 Å². The molecule has 0 bridgehead atoms. The molecule has 1 amide bonds. The minimum absolute atomic E-state index is 0.0819. The van der Waals surface area contributed by atoms with E-state index in [-0.39, 0.29) is 5.91 Å². The zero-order valence-corrected chi connectivity index (χ0v) is 12.2. The maximum Gasteiger partial charge on any atom is 0.254 e. The number of benzene rings is 1. The number of hydrogen-bond donors (Lipinski definition) is 1. The van der Waals surface area contributed by atoms with Gasteiger partial charge in [-0.2, -0.15) is 0 Å². The Hall–Kier alpha value is -1.55. The maximum absolute atomic E-state index is 12.5. The summed E-state index contributed by atoms with van der Waals surface area (Å²) in [6, 6.07) is 6.32. The molecule has 104 valence electrons. The number of nitrogens with two attached hydrogens (primary N) is 1. The molecule has 2 rings (SSSR count). The van der Waals surface area contributed by atoms with Gasteiger partial charge in [0.2, 0.25) is 0 Å². The van der Waals surface area contributed by atoms with Crippen LogP contribution in [0, 0.1) is 6.92 Å². The van der Waals surface area contributed by atoms with Crippen LogP contribution in [0.2, 0.25) is 0 Å². The molecule has 19 heavy (non-hydrogen) atoms. The molecule has 1 aromatic rings. The first kappa shape index (κ1) is 13.9. The minimum Gasteiger partial charge on any atom is -0.398 e. The Morgan fingerprint density at radius 3 is 2.37 bits per heavy atom. The smallest absolute Gasteiger partial charge is 0.254 e. The van der Waals surface area contributed by atoms with Crippen molar-refractivity contribution in [3.63, 3.8) is 0 Å². The van der Waals surface area contributed by atoms with Gasteiger partial charge in [0.1, 0.15) is 0 Å². The molecule has 4 heteroatoms. The van der Waals surface area contributed by atoms with E-state index in [0.717, 1.165) is 18.7 Å². The molecule has 4 nitrogen and oxygen atoms in total. The molecule has 0 spiro atoms. The molecule has 1 aromatic carbocycles. The van der Waals surface area contributed by atoms with Gasteiger partial charge in [0.05, 0.1) is 0 Å². The predicted molar refractivity (Wildman–Crippen MR) is 78.2 cm³/mol. The molecule has 1 fully saturated rings. The van der Waals surface area contributed by atoms with Crippen molar-refractivity contribution in [3.8, 4) is 0 Å². The van der Waals surface area contributed by atoms with Crippen molar-refractivity contribution in [1.82, 2.24) is 9.80 Å². The lowest BCUT2D eigenvalue weighted by Crippen LogP contribution is -2.56. The lowest BCUT2D eigenvalue weighted by molar-refractivity contribution is 0.0414. The molecule has 1 aliphatic rings. The normalized spacial score (nSPS) is 24.5. The van der Waals surface area contributed by atoms with E-state index in [1.807, 2.05) is 24.0 Å². The topological polar surface area (TPSA) is 49.6 Å². The van der Waals surface area contributed by atoms with Crippen molar-refractivity contribution in [2.45, 2.75) is 32.9 Å². The third-order valence-electron chi connectivity index (χ3n) is 4.17. The first-order chi connectivity index (χ1) is 8.90. The number of nitrogens with zero attached hydrogens (tertiary/aromatic N) is 2. The fourth-order valence-corrected chi connectivity index (χ4v) is 2.53. The molecule has 1 aliphatic heterocycles. The van der Waals surface area contributed by atoms with Crippen molar-refractivity contribution < 1.29 is 4.79 Å². The van der Waals surface area contributed by atoms with E-state index in [9.17, 15) is 4.79 Å². The van der Waals surface area contributed by atoms with E-state index in [4.69, 9.17) is 5.73 Å². The molecule has 0 radical (unpaired) electrons. The van der Waals surface area contributed by atoms with Crippen LogP contribution in [0.3, 0.4) is 0 Å². The van der Waals surface area contributed by atoms with Gasteiger partial charge in [-0.15, -0.1) is 0 Å². The van der Waals surface area contributed by atoms with Gasteiger partial charge in [-0.3, -0.25) is 9.69 Å². The predicted octanol–water partition coefficient (Wildman–Crippen LogP) is 1.74. The summed E-state index contributed by atoms with van der Waals surface area (Å²) >= 11 is 0. The second-order valence-electron chi connectivity index (χ2n) is 5.65. The number of piperazine rings is 1. The van der Waals surface area contributed by atoms with Gasteiger partial charge in [-0.25, -0.2) is 0 Å². The lowest BCUT2D eigenvalue weighted by atomic mass is 10.1. The lowest BCUT2D eigenvalue weighted by Gasteiger charge is -2.42. The Morgan fingerprint density at radius 2 is 1.84 bits per heavy atom. The summed E-state index contributed by atoms with van der Waals surface area (Å²) in [6.45, 7) is 7.80. The summed E-state index contributed by atoms with van der Waals surface area (Å²) in [5.41, 5.74) is 8.27. The molecule has 0 aliphatic carbocycles. The van der Waals surface area contributed by atoms with Crippen LogP contribution >= 0.6 is 0 Å². The number of nitrogen functional groups attached to an aromatic ring is 1. The third-order valence-corrected chi connectivity index (χ3v) is 4.17. The summed E-state index contributed by atoms with van der Waals surface area (Å²) in [7, 11) is 2.11. The van der Waals surface area contributed by atoms with Gasteiger partial charge < -0.3 is 10.6 Å². The maximum atomic E-state index is 12.5. The first-order valence-corrected chi connectivity index (χ1v) is 6.77. The summed E-state index contributed by atoms with van der Waals surface area (Å²) in [5, 5.41) is 0. The van der Waals surface area contributed by atoms with Crippen LogP contribution in [-0.2, 0) is 0 Å². The highest BCUT2D eigenvalue weighted by molar-refractivity contribution is 5.95. The van der Waals surface area contributed by atoms with E-state index in [1.165, 1.54) is 0 Å². The Kier molecular flexibility index (Phi) is 3.80. The highest BCUT2D eigenvalue weighted by atomic mass is 16.2.